The maximum absolute atomic E-state index is 12.4. The number of piperidine rings is 1. The molecule has 1 saturated heterocycles. The average Bonchev–Trinajstić information content (AvgIpc) is 2.42. The van der Waals surface area contributed by atoms with Gasteiger partial charge in [0.05, 0.1) is 12.8 Å². The number of halogens is 1. The van der Waals surface area contributed by atoms with Crippen molar-refractivity contribution in [3.05, 3.63) is 22.7 Å². The van der Waals surface area contributed by atoms with Gasteiger partial charge in [-0.3, -0.25) is 4.79 Å². The van der Waals surface area contributed by atoms with E-state index in [1.165, 1.54) is 0 Å². The quantitative estimate of drug-likeness (QED) is 0.901. The monoisotopic (exact) mass is 296 g/mol. The van der Waals surface area contributed by atoms with Crippen LogP contribution in [0.3, 0.4) is 0 Å². The van der Waals surface area contributed by atoms with Crippen LogP contribution >= 0.6 is 11.6 Å². The lowest BCUT2D eigenvalue weighted by Crippen LogP contribution is -2.40. The van der Waals surface area contributed by atoms with Crippen LogP contribution in [0, 0.1) is 12.8 Å². The first-order chi connectivity index (χ1) is 9.51. The molecule has 0 bridgehead atoms. The summed E-state index contributed by atoms with van der Waals surface area (Å²) in [7, 11) is 1.57. The molecular formula is C15H21ClN2O2. The second kappa shape index (κ2) is 6.46. The van der Waals surface area contributed by atoms with Crippen molar-refractivity contribution in [3.8, 4) is 5.75 Å². The number of hydrogen-bond acceptors (Lipinski definition) is 3. The van der Waals surface area contributed by atoms with Gasteiger partial charge in [0.2, 0.25) is 5.91 Å². The van der Waals surface area contributed by atoms with E-state index in [0.717, 1.165) is 24.9 Å². The van der Waals surface area contributed by atoms with Gasteiger partial charge in [-0.1, -0.05) is 11.6 Å². The van der Waals surface area contributed by atoms with E-state index in [-0.39, 0.29) is 11.8 Å². The molecule has 1 heterocycles. The average molecular weight is 297 g/mol. The first-order valence-electron chi connectivity index (χ1n) is 6.89. The van der Waals surface area contributed by atoms with E-state index >= 15 is 0 Å². The van der Waals surface area contributed by atoms with E-state index < -0.39 is 0 Å². The van der Waals surface area contributed by atoms with Crippen LogP contribution < -0.4 is 15.4 Å². The fraction of sp³-hybridized carbons (Fsp3) is 0.533. The standard InChI is InChI=1S/C15H21ClN2O2/c1-9-6-13(14(20-3)8-12(9)16)18-15(19)11-4-5-17-10(2)7-11/h6,8,10-11,17H,4-5,7H2,1-3H3,(H,18,19). The molecule has 110 valence electrons. The number of methoxy groups -OCH3 is 1. The Morgan fingerprint density at radius 2 is 2.25 bits per heavy atom. The summed E-state index contributed by atoms with van der Waals surface area (Å²) in [4.78, 5) is 12.4. The highest BCUT2D eigenvalue weighted by Gasteiger charge is 2.25. The highest BCUT2D eigenvalue weighted by atomic mass is 35.5. The second-order valence-electron chi connectivity index (χ2n) is 5.37. The number of anilines is 1. The van der Waals surface area contributed by atoms with Gasteiger partial charge >= 0.3 is 0 Å². The topological polar surface area (TPSA) is 50.4 Å². The molecular weight excluding hydrogens is 276 g/mol. The lowest BCUT2D eigenvalue weighted by Gasteiger charge is -2.27. The van der Waals surface area contributed by atoms with Crippen molar-refractivity contribution < 1.29 is 9.53 Å². The largest absolute Gasteiger partial charge is 0.495 e. The predicted octanol–water partition coefficient (Wildman–Crippen LogP) is 2.98. The Labute approximate surface area is 124 Å². The van der Waals surface area contributed by atoms with E-state index in [9.17, 15) is 4.79 Å². The Hall–Kier alpha value is -1.26. The number of ether oxygens (including phenoxy) is 1. The Bertz CT molecular complexity index is 505. The molecule has 2 atom stereocenters. The molecule has 2 N–H and O–H groups in total. The maximum atomic E-state index is 12.4. The van der Waals surface area contributed by atoms with Gasteiger partial charge in [-0.25, -0.2) is 0 Å². The van der Waals surface area contributed by atoms with E-state index in [1.807, 2.05) is 13.0 Å². The number of carbonyl (C=O) groups is 1. The fourth-order valence-corrected chi connectivity index (χ4v) is 2.69. The number of benzene rings is 1. The number of hydrogen-bond donors (Lipinski definition) is 2. The molecule has 0 saturated carbocycles. The summed E-state index contributed by atoms with van der Waals surface area (Å²) >= 11 is 6.07. The second-order valence-corrected chi connectivity index (χ2v) is 5.77. The zero-order chi connectivity index (χ0) is 14.7. The maximum Gasteiger partial charge on any atom is 0.227 e. The molecule has 4 nitrogen and oxygen atoms in total. The van der Waals surface area contributed by atoms with Crippen molar-refractivity contribution >= 4 is 23.2 Å². The van der Waals surface area contributed by atoms with E-state index in [1.54, 1.807) is 13.2 Å². The third kappa shape index (κ3) is 3.44. The summed E-state index contributed by atoms with van der Waals surface area (Å²) in [6, 6.07) is 3.97. The minimum atomic E-state index is 0.0481. The number of amides is 1. The molecule has 1 aliphatic rings. The van der Waals surface area contributed by atoms with Crippen molar-refractivity contribution in [3.63, 3.8) is 0 Å². The van der Waals surface area contributed by atoms with Crippen LogP contribution in [0.15, 0.2) is 12.1 Å². The van der Waals surface area contributed by atoms with Crippen molar-refractivity contribution in [1.82, 2.24) is 5.32 Å². The van der Waals surface area contributed by atoms with Gasteiger partial charge in [-0.2, -0.15) is 0 Å². The summed E-state index contributed by atoms with van der Waals surface area (Å²) < 4.78 is 5.28. The highest BCUT2D eigenvalue weighted by Crippen LogP contribution is 2.31. The fourth-order valence-electron chi connectivity index (χ4n) is 2.53. The Kier molecular flexibility index (Phi) is 4.89. The van der Waals surface area contributed by atoms with Gasteiger partial charge in [0, 0.05) is 23.0 Å². The molecule has 1 amide bonds. The lowest BCUT2D eigenvalue weighted by atomic mass is 9.92. The number of rotatable bonds is 3. The molecule has 0 aliphatic carbocycles. The minimum Gasteiger partial charge on any atom is -0.495 e. The van der Waals surface area contributed by atoms with Crippen LogP contribution in [0.2, 0.25) is 5.02 Å². The molecule has 20 heavy (non-hydrogen) atoms. The third-order valence-electron chi connectivity index (χ3n) is 3.73. The van der Waals surface area contributed by atoms with Crippen LogP contribution in [0.1, 0.15) is 25.3 Å². The summed E-state index contributed by atoms with van der Waals surface area (Å²) in [5.41, 5.74) is 1.60. The van der Waals surface area contributed by atoms with Gasteiger partial charge in [0.15, 0.2) is 0 Å². The minimum absolute atomic E-state index is 0.0481. The van der Waals surface area contributed by atoms with Crippen LogP contribution in [0.25, 0.3) is 0 Å². The SMILES string of the molecule is COc1cc(Cl)c(C)cc1NC(=O)C1CCNC(C)C1. The van der Waals surface area contributed by atoms with Crippen molar-refractivity contribution in [2.75, 3.05) is 19.0 Å². The van der Waals surface area contributed by atoms with Gasteiger partial charge in [0.25, 0.3) is 0 Å². The van der Waals surface area contributed by atoms with E-state index in [0.29, 0.717) is 22.5 Å². The Balaban J connectivity index is 2.12. The Morgan fingerprint density at radius 3 is 2.90 bits per heavy atom. The zero-order valence-electron chi connectivity index (χ0n) is 12.1. The van der Waals surface area contributed by atoms with Crippen LogP contribution in [0.4, 0.5) is 5.69 Å². The molecule has 1 aliphatic heterocycles. The molecule has 0 radical (unpaired) electrons. The summed E-state index contributed by atoms with van der Waals surface area (Å²) in [6.07, 6.45) is 1.73. The third-order valence-corrected chi connectivity index (χ3v) is 4.14. The van der Waals surface area contributed by atoms with Gasteiger partial charge in [-0.05, 0) is 44.9 Å². The van der Waals surface area contributed by atoms with Gasteiger partial charge in [0.1, 0.15) is 5.75 Å². The predicted molar refractivity (Wildman–Crippen MR) is 81.6 cm³/mol. The molecule has 5 heteroatoms. The van der Waals surface area contributed by atoms with E-state index in [2.05, 4.69) is 17.6 Å². The molecule has 2 rings (SSSR count). The summed E-state index contributed by atoms with van der Waals surface area (Å²) in [5, 5.41) is 6.95. The summed E-state index contributed by atoms with van der Waals surface area (Å²) in [6.45, 7) is 4.90. The number of nitrogens with one attached hydrogen (secondary N) is 2. The molecule has 1 aromatic carbocycles. The van der Waals surface area contributed by atoms with E-state index in [4.69, 9.17) is 16.3 Å². The number of carbonyl (C=O) groups excluding carboxylic acids is 1. The van der Waals surface area contributed by atoms with Crippen molar-refractivity contribution in [1.29, 1.82) is 0 Å². The molecule has 0 spiro atoms. The zero-order valence-corrected chi connectivity index (χ0v) is 12.9. The normalized spacial score (nSPS) is 22.4. The molecule has 0 aromatic heterocycles. The summed E-state index contributed by atoms with van der Waals surface area (Å²) in [5.74, 6) is 0.696. The first-order valence-corrected chi connectivity index (χ1v) is 7.27. The molecule has 1 fully saturated rings. The molecule has 2 unspecified atom stereocenters. The molecule has 1 aromatic rings. The smallest absolute Gasteiger partial charge is 0.227 e. The highest BCUT2D eigenvalue weighted by molar-refractivity contribution is 6.31. The van der Waals surface area contributed by atoms with Crippen LogP contribution in [-0.4, -0.2) is 25.6 Å². The number of aryl methyl sites for hydroxylation is 1. The van der Waals surface area contributed by atoms with Gasteiger partial charge in [-0.15, -0.1) is 0 Å². The van der Waals surface area contributed by atoms with Crippen LogP contribution in [-0.2, 0) is 4.79 Å². The first kappa shape index (κ1) is 15.1. The lowest BCUT2D eigenvalue weighted by molar-refractivity contribution is -0.120. The van der Waals surface area contributed by atoms with Crippen LogP contribution in [0.5, 0.6) is 5.75 Å². The van der Waals surface area contributed by atoms with Gasteiger partial charge < -0.3 is 15.4 Å². The van der Waals surface area contributed by atoms with Crippen molar-refractivity contribution in [2.45, 2.75) is 32.7 Å². The Morgan fingerprint density at radius 1 is 1.50 bits per heavy atom. The van der Waals surface area contributed by atoms with Crippen molar-refractivity contribution in [2.24, 2.45) is 5.92 Å².